The zero-order chi connectivity index (χ0) is 12.7. The van der Waals surface area contributed by atoms with E-state index in [-0.39, 0.29) is 10.8 Å². The van der Waals surface area contributed by atoms with Gasteiger partial charge in [0, 0.05) is 6.20 Å². The van der Waals surface area contributed by atoms with Gasteiger partial charge < -0.3 is 9.52 Å². The number of rotatable bonds is 2. The molecule has 0 fully saturated rings. The summed E-state index contributed by atoms with van der Waals surface area (Å²) in [6.07, 6.45) is 3.22. The lowest BCUT2D eigenvalue weighted by Crippen LogP contribution is -1.99. The highest BCUT2D eigenvalue weighted by Crippen LogP contribution is 2.25. The van der Waals surface area contributed by atoms with Gasteiger partial charge in [-0.3, -0.25) is 4.40 Å². The van der Waals surface area contributed by atoms with Crippen LogP contribution >= 0.6 is 11.6 Å². The van der Waals surface area contributed by atoms with Crippen LogP contribution in [0.25, 0.3) is 17.1 Å². The fourth-order valence-electron chi connectivity index (χ4n) is 1.82. The molecule has 3 rings (SSSR count). The Morgan fingerprint density at radius 3 is 2.89 bits per heavy atom. The number of imidazole rings is 1. The highest BCUT2D eigenvalue weighted by molar-refractivity contribution is 6.28. The van der Waals surface area contributed by atoms with Gasteiger partial charge in [0.1, 0.15) is 0 Å². The molecular formula is C12H7ClN2O3. The number of hydrogen-bond acceptors (Lipinski definition) is 3. The number of furan rings is 1. The monoisotopic (exact) mass is 262 g/mol. The van der Waals surface area contributed by atoms with Crippen molar-refractivity contribution in [2.75, 3.05) is 0 Å². The smallest absolute Gasteiger partial charge is 0.337 e. The van der Waals surface area contributed by atoms with E-state index in [1.54, 1.807) is 28.8 Å². The Bertz CT molecular complexity index is 745. The Hall–Kier alpha value is -2.27. The van der Waals surface area contributed by atoms with E-state index in [9.17, 15) is 4.79 Å². The summed E-state index contributed by atoms with van der Waals surface area (Å²) in [5.74, 6) is 0.00654. The van der Waals surface area contributed by atoms with Crippen LogP contribution in [0.4, 0.5) is 0 Å². The first-order chi connectivity index (χ1) is 8.66. The minimum Gasteiger partial charge on any atom is -0.478 e. The van der Waals surface area contributed by atoms with Gasteiger partial charge in [-0.05, 0) is 35.9 Å². The van der Waals surface area contributed by atoms with Crippen molar-refractivity contribution >= 4 is 23.1 Å². The number of carboxylic acids is 1. The summed E-state index contributed by atoms with van der Waals surface area (Å²) in [7, 11) is 0. The number of nitrogens with zero attached hydrogens (tertiary/aromatic N) is 2. The number of aromatic nitrogens is 2. The predicted octanol–water partition coefficient (Wildman–Crippen LogP) is 2.95. The lowest BCUT2D eigenvalue weighted by molar-refractivity contribution is 0.0698. The van der Waals surface area contributed by atoms with Crippen LogP contribution in [0.5, 0.6) is 0 Å². The summed E-state index contributed by atoms with van der Waals surface area (Å²) >= 11 is 5.71. The molecule has 1 N–H and O–H groups in total. The molecule has 18 heavy (non-hydrogen) atoms. The van der Waals surface area contributed by atoms with Gasteiger partial charge in [-0.2, -0.15) is 0 Å². The molecule has 0 aromatic carbocycles. The second-order valence-corrected chi connectivity index (χ2v) is 4.04. The summed E-state index contributed by atoms with van der Waals surface area (Å²) < 4.78 is 6.92. The maximum absolute atomic E-state index is 11.1. The number of carboxylic acid groups (broad SMARTS) is 1. The molecule has 0 saturated heterocycles. The van der Waals surface area contributed by atoms with Gasteiger partial charge in [-0.15, -0.1) is 0 Å². The van der Waals surface area contributed by atoms with Crippen molar-refractivity contribution in [3.05, 3.63) is 47.4 Å². The first-order valence-electron chi connectivity index (χ1n) is 5.12. The Balaban J connectivity index is 2.27. The van der Waals surface area contributed by atoms with Crippen LogP contribution in [0.1, 0.15) is 10.4 Å². The van der Waals surface area contributed by atoms with Crippen molar-refractivity contribution in [2.45, 2.75) is 0 Å². The number of halogens is 1. The van der Waals surface area contributed by atoms with Crippen molar-refractivity contribution in [3.8, 4) is 11.6 Å². The molecule has 0 unspecified atom stereocenters. The summed E-state index contributed by atoms with van der Waals surface area (Å²) in [6, 6.07) is 6.47. The first-order valence-corrected chi connectivity index (χ1v) is 5.49. The summed E-state index contributed by atoms with van der Waals surface area (Å²) in [4.78, 5) is 15.2. The number of hydrogen-bond donors (Lipinski definition) is 1. The molecule has 0 spiro atoms. The van der Waals surface area contributed by atoms with Crippen molar-refractivity contribution in [2.24, 2.45) is 0 Å². The SMILES string of the molecule is O=C(O)c1cccn2c(-c3ccc(Cl)o3)ncc12. The van der Waals surface area contributed by atoms with Crippen LogP contribution in [-0.4, -0.2) is 20.5 Å². The fraction of sp³-hybridized carbons (Fsp3) is 0. The van der Waals surface area contributed by atoms with Gasteiger partial charge in [0.25, 0.3) is 0 Å². The van der Waals surface area contributed by atoms with E-state index >= 15 is 0 Å². The molecule has 0 saturated carbocycles. The van der Waals surface area contributed by atoms with Crippen LogP contribution in [0.3, 0.4) is 0 Å². The zero-order valence-corrected chi connectivity index (χ0v) is 9.76. The maximum Gasteiger partial charge on any atom is 0.337 e. The molecule has 0 atom stereocenters. The third-order valence-corrected chi connectivity index (χ3v) is 2.80. The summed E-state index contributed by atoms with van der Waals surface area (Å²) in [5, 5.41) is 9.34. The Labute approximate surface area is 106 Å². The van der Waals surface area contributed by atoms with Crippen LogP contribution in [0.2, 0.25) is 5.22 Å². The van der Waals surface area contributed by atoms with Crippen LogP contribution in [0, 0.1) is 0 Å². The van der Waals surface area contributed by atoms with Crippen LogP contribution < -0.4 is 0 Å². The van der Waals surface area contributed by atoms with Crippen LogP contribution in [-0.2, 0) is 0 Å². The van der Waals surface area contributed by atoms with E-state index in [0.29, 0.717) is 17.1 Å². The molecule has 3 heterocycles. The minimum atomic E-state index is -0.996. The Kier molecular flexibility index (Phi) is 2.34. The molecule has 3 aromatic rings. The van der Waals surface area contributed by atoms with Crippen molar-refractivity contribution < 1.29 is 14.3 Å². The highest BCUT2D eigenvalue weighted by atomic mass is 35.5. The van der Waals surface area contributed by atoms with Gasteiger partial charge in [-0.25, -0.2) is 9.78 Å². The second-order valence-electron chi connectivity index (χ2n) is 3.67. The molecule has 5 nitrogen and oxygen atoms in total. The predicted molar refractivity (Wildman–Crippen MR) is 64.9 cm³/mol. The highest BCUT2D eigenvalue weighted by Gasteiger charge is 2.14. The quantitative estimate of drug-likeness (QED) is 0.771. The van der Waals surface area contributed by atoms with E-state index in [0.717, 1.165) is 0 Å². The largest absolute Gasteiger partial charge is 0.478 e. The standard InChI is InChI=1S/C12H7ClN2O3/c13-10-4-3-9(18-10)11-14-6-8-7(12(16)17)2-1-5-15(8)11/h1-6H,(H,16,17). The normalized spacial score (nSPS) is 10.9. The van der Waals surface area contributed by atoms with Gasteiger partial charge in [0.2, 0.25) is 0 Å². The molecule has 3 aromatic heterocycles. The molecule has 90 valence electrons. The van der Waals surface area contributed by atoms with Gasteiger partial charge >= 0.3 is 5.97 Å². The van der Waals surface area contributed by atoms with Gasteiger partial charge in [-0.1, -0.05) is 0 Å². The number of pyridine rings is 1. The molecule has 0 aliphatic carbocycles. The molecule has 0 bridgehead atoms. The average molecular weight is 263 g/mol. The Morgan fingerprint density at radius 1 is 1.39 bits per heavy atom. The summed E-state index contributed by atoms with van der Waals surface area (Å²) in [5.41, 5.74) is 0.696. The average Bonchev–Trinajstić information content (AvgIpc) is 2.93. The van der Waals surface area contributed by atoms with E-state index < -0.39 is 5.97 Å². The number of aromatic carboxylic acids is 1. The van der Waals surface area contributed by atoms with E-state index in [4.69, 9.17) is 21.1 Å². The second kappa shape index (κ2) is 3.89. The van der Waals surface area contributed by atoms with E-state index in [2.05, 4.69) is 4.98 Å². The number of fused-ring (bicyclic) bond motifs is 1. The first kappa shape index (κ1) is 10.9. The zero-order valence-electron chi connectivity index (χ0n) is 9.00. The lowest BCUT2D eigenvalue weighted by Gasteiger charge is -2.00. The van der Waals surface area contributed by atoms with Gasteiger partial charge in [0.15, 0.2) is 16.8 Å². The van der Waals surface area contributed by atoms with Gasteiger partial charge in [0.05, 0.1) is 17.3 Å². The maximum atomic E-state index is 11.1. The topological polar surface area (TPSA) is 67.7 Å². The molecule has 0 aliphatic heterocycles. The fourth-order valence-corrected chi connectivity index (χ4v) is 1.97. The molecule has 0 amide bonds. The van der Waals surface area contributed by atoms with Crippen molar-refractivity contribution in [1.29, 1.82) is 0 Å². The molecule has 0 aliphatic rings. The van der Waals surface area contributed by atoms with Crippen LogP contribution in [0.15, 0.2) is 41.1 Å². The number of carbonyl (C=O) groups is 1. The lowest BCUT2D eigenvalue weighted by atomic mass is 10.2. The summed E-state index contributed by atoms with van der Waals surface area (Å²) in [6.45, 7) is 0. The third-order valence-electron chi connectivity index (χ3n) is 2.59. The van der Waals surface area contributed by atoms with Crippen molar-refractivity contribution in [3.63, 3.8) is 0 Å². The molecule has 0 radical (unpaired) electrons. The third kappa shape index (κ3) is 1.56. The minimum absolute atomic E-state index is 0.189. The van der Waals surface area contributed by atoms with E-state index in [1.807, 2.05) is 0 Å². The van der Waals surface area contributed by atoms with Crippen molar-refractivity contribution in [1.82, 2.24) is 9.38 Å². The molecule has 6 heteroatoms. The van der Waals surface area contributed by atoms with E-state index in [1.165, 1.54) is 12.3 Å². The Morgan fingerprint density at radius 2 is 2.22 bits per heavy atom. The molecular weight excluding hydrogens is 256 g/mol.